The summed E-state index contributed by atoms with van der Waals surface area (Å²) in [7, 11) is 0. The molecule has 2 atom stereocenters. The maximum atomic E-state index is 14.0. The Kier molecular flexibility index (Phi) is 5.28. The van der Waals surface area contributed by atoms with Gasteiger partial charge in [-0.2, -0.15) is 0 Å². The van der Waals surface area contributed by atoms with Crippen LogP contribution in [0.5, 0.6) is 0 Å². The van der Waals surface area contributed by atoms with E-state index in [0.717, 1.165) is 32.3 Å². The second-order valence-electron chi connectivity index (χ2n) is 6.38. The highest BCUT2D eigenvalue weighted by molar-refractivity contribution is 5.78. The fraction of sp³-hybridized carbons (Fsp3) is 0.611. The molecule has 0 aromatic heterocycles. The average Bonchev–Trinajstić information content (AvgIpc) is 3.22. The summed E-state index contributed by atoms with van der Waals surface area (Å²) < 4.78 is 25.1. The summed E-state index contributed by atoms with van der Waals surface area (Å²) in [5.41, 5.74) is 0.562. The van der Waals surface area contributed by atoms with Crippen molar-refractivity contribution in [3.63, 3.8) is 0 Å². The predicted octanol–water partition coefficient (Wildman–Crippen LogP) is 3.07. The molecule has 0 unspecified atom stereocenters. The number of rotatable bonds is 7. The molecule has 1 aliphatic heterocycles. The Morgan fingerprint density at radius 2 is 2.17 bits per heavy atom. The van der Waals surface area contributed by atoms with Crippen molar-refractivity contribution < 1.29 is 18.7 Å². The van der Waals surface area contributed by atoms with Crippen LogP contribution in [0.4, 0.5) is 4.39 Å². The number of benzene rings is 1. The van der Waals surface area contributed by atoms with Crippen LogP contribution in [0.2, 0.25) is 0 Å². The minimum atomic E-state index is -0.275. The van der Waals surface area contributed by atoms with Gasteiger partial charge in [0, 0.05) is 18.2 Å². The zero-order valence-corrected chi connectivity index (χ0v) is 13.5. The van der Waals surface area contributed by atoms with Gasteiger partial charge in [-0.1, -0.05) is 18.2 Å². The first-order valence-corrected chi connectivity index (χ1v) is 8.41. The summed E-state index contributed by atoms with van der Waals surface area (Å²) in [4.78, 5) is 14.3. The number of carbonyl (C=O) groups is 1. The van der Waals surface area contributed by atoms with Crippen LogP contribution in [-0.2, 0) is 14.3 Å². The zero-order chi connectivity index (χ0) is 16.2. The Labute approximate surface area is 136 Å². The summed E-state index contributed by atoms with van der Waals surface area (Å²) in [6, 6.07) is 6.59. The Hall–Kier alpha value is -1.46. The lowest BCUT2D eigenvalue weighted by Gasteiger charge is -2.30. The van der Waals surface area contributed by atoms with Crippen molar-refractivity contribution in [3.05, 3.63) is 35.6 Å². The van der Waals surface area contributed by atoms with Gasteiger partial charge in [0.05, 0.1) is 18.8 Å². The first kappa shape index (κ1) is 16.4. The van der Waals surface area contributed by atoms with Crippen molar-refractivity contribution in [2.45, 2.75) is 50.8 Å². The maximum absolute atomic E-state index is 14.0. The Bertz CT molecular complexity index is 541. The fourth-order valence-electron chi connectivity index (χ4n) is 3.18. The van der Waals surface area contributed by atoms with E-state index >= 15 is 0 Å². The molecule has 3 rings (SSSR count). The third-order valence-corrected chi connectivity index (χ3v) is 4.55. The summed E-state index contributed by atoms with van der Waals surface area (Å²) in [6.07, 6.45) is 4.13. The van der Waals surface area contributed by atoms with Gasteiger partial charge in [-0.05, 0) is 38.7 Å². The molecule has 1 amide bonds. The topological polar surface area (TPSA) is 38.8 Å². The molecule has 0 N–H and O–H groups in total. The molecule has 1 saturated heterocycles. The molecule has 1 aliphatic carbocycles. The van der Waals surface area contributed by atoms with Crippen molar-refractivity contribution in [2.24, 2.45) is 0 Å². The highest BCUT2D eigenvalue weighted by atomic mass is 19.1. The standard InChI is InChI=1S/C18H24FNO3/c1-13(16-6-2-3-7-17(16)19)20(14-8-9-14)18(21)12-22-11-15-5-4-10-23-15/h2-3,6-7,13-15H,4-5,8-12H2,1H3/t13-,15-/m0/s1. The Morgan fingerprint density at radius 3 is 2.83 bits per heavy atom. The molecule has 0 bridgehead atoms. The number of hydrogen-bond donors (Lipinski definition) is 0. The molecule has 0 spiro atoms. The molecule has 4 nitrogen and oxygen atoms in total. The molecule has 2 fully saturated rings. The van der Waals surface area contributed by atoms with Gasteiger partial charge >= 0.3 is 0 Å². The van der Waals surface area contributed by atoms with Crippen LogP contribution in [0.1, 0.15) is 44.2 Å². The fourth-order valence-corrected chi connectivity index (χ4v) is 3.18. The second-order valence-corrected chi connectivity index (χ2v) is 6.38. The molecular weight excluding hydrogens is 297 g/mol. The molecule has 1 aromatic rings. The lowest BCUT2D eigenvalue weighted by atomic mass is 10.1. The van der Waals surface area contributed by atoms with E-state index in [1.807, 2.05) is 6.92 Å². The first-order chi connectivity index (χ1) is 11.2. The van der Waals surface area contributed by atoms with E-state index in [0.29, 0.717) is 12.2 Å². The second kappa shape index (κ2) is 7.41. The van der Waals surface area contributed by atoms with Crippen molar-refractivity contribution in [1.29, 1.82) is 0 Å². The predicted molar refractivity (Wildman–Crippen MR) is 84.5 cm³/mol. The third-order valence-electron chi connectivity index (χ3n) is 4.55. The number of hydrogen-bond acceptors (Lipinski definition) is 3. The number of nitrogens with zero attached hydrogens (tertiary/aromatic N) is 1. The maximum Gasteiger partial charge on any atom is 0.249 e. The van der Waals surface area contributed by atoms with Crippen LogP contribution in [0.3, 0.4) is 0 Å². The van der Waals surface area contributed by atoms with Crippen LogP contribution in [0, 0.1) is 5.82 Å². The van der Waals surface area contributed by atoms with Crippen molar-refractivity contribution in [2.75, 3.05) is 19.8 Å². The highest BCUT2D eigenvalue weighted by Crippen LogP contribution is 2.35. The van der Waals surface area contributed by atoms with Crippen LogP contribution in [0.25, 0.3) is 0 Å². The van der Waals surface area contributed by atoms with Gasteiger partial charge in [-0.15, -0.1) is 0 Å². The quantitative estimate of drug-likeness (QED) is 0.775. The van der Waals surface area contributed by atoms with E-state index in [-0.39, 0.29) is 36.5 Å². The zero-order valence-electron chi connectivity index (χ0n) is 13.5. The molecule has 1 saturated carbocycles. The number of ether oxygens (including phenoxy) is 2. The lowest BCUT2D eigenvalue weighted by Crippen LogP contribution is -2.38. The van der Waals surface area contributed by atoms with Crippen LogP contribution in [-0.4, -0.2) is 42.8 Å². The SMILES string of the molecule is C[C@@H](c1ccccc1F)N(C(=O)COC[C@@H]1CCCO1)C1CC1. The molecule has 23 heavy (non-hydrogen) atoms. The van der Waals surface area contributed by atoms with Crippen molar-refractivity contribution >= 4 is 5.91 Å². The molecule has 5 heteroatoms. The van der Waals surface area contributed by atoms with Gasteiger partial charge in [-0.3, -0.25) is 4.79 Å². The molecule has 2 aliphatic rings. The Morgan fingerprint density at radius 1 is 1.39 bits per heavy atom. The molecular formula is C18H24FNO3. The molecule has 126 valence electrons. The van der Waals surface area contributed by atoms with Gasteiger partial charge in [-0.25, -0.2) is 4.39 Å². The third kappa shape index (κ3) is 4.09. The minimum absolute atomic E-state index is 0.0369. The average molecular weight is 321 g/mol. The van der Waals surface area contributed by atoms with Crippen LogP contribution in [0.15, 0.2) is 24.3 Å². The Balaban J connectivity index is 1.59. The van der Waals surface area contributed by atoms with Crippen molar-refractivity contribution in [1.82, 2.24) is 4.90 Å². The molecule has 1 aromatic carbocycles. The van der Waals surface area contributed by atoms with E-state index in [1.54, 1.807) is 23.1 Å². The minimum Gasteiger partial charge on any atom is -0.376 e. The number of halogens is 1. The summed E-state index contributed by atoms with van der Waals surface area (Å²) in [5.74, 6) is -0.333. The normalized spacial score (nSPS) is 22.1. The van der Waals surface area contributed by atoms with E-state index in [2.05, 4.69) is 0 Å². The van der Waals surface area contributed by atoms with Gasteiger partial charge in [0.25, 0.3) is 0 Å². The molecule has 1 heterocycles. The van der Waals surface area contributed by atoms with Gasteiger partial charge in [0.15, 0.2) is 0 Å². The van der Waals surface area contributed by atoms with Crippen LogP contribution >= 0.6 is 0 Å². The van der Waals surface area contributed by atoms with E-state index in [4.69, 9.17) is 9.47 Å². The summed E-state index contributed by atoms with van der Waals surface area (Å²) >= 11 is 0. The number of amides is 1. The van der Waals surface area contributed by atoms with E-state index < -0.39 is 0 Å². The van der Waals surface area contributed by atoms with E-state index in [1.165, 1.54) is 6.07 Å². The largest absolute Gasteiger partial charge is 0.376 e. The van der Waals surface area contributed by atoms with Gasteiger partial charge in [0.1, 0.15) is 12.4 Å². The van der Waals surface area contributed by atoms with Gasteiger partial charge < -0.3 is 14.4 Å². The van der Waals surface area contributed by atoms with E-state index in [9.17, 15) is 9.18 Å². The molecule has 0 radical (unpaired) electrons. The van der Waals surface area contributed by atoms with Gasteiger partial charge in [0.2, 0.25) is 5.91 Å². The number of carbonyl (C=O) groups excluding carboxylic acids is 1. The first-order valence-electron chi connectivity index (χ1n) is 8.41. The summed E-state index contributed by atoms with van der Waals surface area (Å²) in [5, 5.41) is 0. The smallest absolute Gasteiger partial charge is 0.249 e. The highest BCUT2D eigenvalue weighted by Gasteiger charge is 2.36. The monoisotopic (exact) mass is 321 g/mol. The van der Waals surface area contributed by atoms with Crippen molar-refractivity contribution in [3.8, 4) is 0 Å². The lowest BCUT2D eigenvalue weighted by molar-refractivity contribution is -0.140. The summed E-state index contributed by atoms with van der Waals surface area (Å²) in [6.45, 7) is 3.16. The van der Waals surface area contributed by atoms with Crippen LogP contribution < -0.4 is 0 Å².